The predicted octanol–water partition coefficient (Wildman–Crippen LogP) is 3.18. The van der Waals surface area contributed by atoms with Gasteiger partial charge in [0.1, 0.15) is 0 Å². The summed E-state index contributed by atoms with van der Waals surface area (Å²) in [6.45, 7) is 2.81. The number of rotatable bonds is 4. The van der Waals surface area contributed by atoms with Crippen molar-refractivity contribution < 1.29 is 9.90 Å². The molecule has 0 spiro atoms. The Morgan fingerprint density at radius 3 is 2.69 bits per heavy atom. The minimum atomic E-state index is 0.241. The molecule has 4 nitrogen and oxygen atoms in total. The standard InChI is InChI=1S/C22H28N2O2/c25-16-21-6-3-12-24(21)20-9-10-22(26)23(13-11-20)15-17-7-8-18-4-1-2-5-19(18)14-17/h1-2,4-5,7-8,14,20-21,25H,3,6,9-13,15-16H2/t20?,21-/m0/s1. The van der Waals surface area contributed by atoms with Crippen LogP contribution in [0.3, 0.4) is 0 Å². The summed E-state index contributed by atoms with van der Waals surface area (Å²) >= 11 is 0. The second-order valence-corrected chi connectivity index (χ2v) is 7.69. The molecule has 0 saturated carbocycles. The monoisotopic (exact) mass is 352 g/mol. The van der Waals surface area contributed by atoms with Crippen molar-refractivity contribution in [3.8, 4) is 0 Å². The van der Waals surface area contributed by atoms with Crippen LogP contribution in [0.25, 0.3) is 10.8 Å². The molecule has 1 amide bonds. The number of likely N-dealkylation sites (tertiary alicyclic amines) is 2. The minimum absolute atomic E-state index is 0.241. The SMILES string of the molecule is O=C1CCC(N2CCC[C@H]2CO)CCN1Cc1ccc2ccccc2c1. The Kier molecular flexibility index (Phi) is 5.23. The summed E-state index contributed by atoms with van der Waals surface area (Å²) in [5, 5.41) is 12.1. The lowest BCUT2D eigenvalue weighted by molar-refractivity contribution is -0.131. The molecule has 2 aromatic carbocycles. The maximum absolute atomic E-state index is 12.7. The normalized spacial score (nSPS) is 25.0. The van der Waals surface area contributed by atoms with Crippen molar-refractivity contribution in [3.05, 3.63) is 48.0 Å². The molecule has 2 aromatic rings. The van der Waals surface area contributed by atoms with Gasteiger partial charge in [0, 0.05) is 31.6 Å². The first kappa shape index (κ1) is 17.5. The Morgan fingerprint density at radius 1 is 1.00 bits per heavy atom. The highest BCUT2D eigenvalue weighted by atomic mass is 16.3. The molecule has 0 bridgehead atoms. The van der Waals surface area contributed by atoms with Crippen molar-refractivity contribution in [1.29, 1.82) is 0 Å². The highest BCUT2D eigenvalue weighted by Crippen LogP contribution is 2.27. The van der Waals surface area contributed by atoms with Gasteiger partial charge >= 0.3 is 0 Å². The van der Waals surface area contributed by atoms with Gasteiger partial charge in [0.05, 0.1) is 6.61 Å². The number of benzene rings is 2. The van der Waals surface area contributed by atoms with Gasteiger partial charge in [0.15, 0.2) is 0 Å². The fourth-order valence-corrected chi connectivity index (χ4v) is 4.61. The van der Waals surface area contributed by atoms with E-state index in [9.17, 15) is 9.90 Å². The first-order chi connectivity index (χ1) is 12.7. The molecule has 0 aromatic heterocycles. The van der Waals surface area contributed by atoms with Crippen LogP contribution in [0.5, 0.6) is 0 Å². The Labute approximate surface area is 155 Å². The highest BCUT2D eigenvalue weighted by Gasteiger charge is 2.32. The van der Waals surface area contributed by atoms with Crippen molar-refractivity contribution >= 4 is 16.7 Å². The average Bonchev–Trinajstić information content (AvgIpc) is 3.08. The minimum Gasteiger partial charge on any atom is -0.395 e. The molecule has 2 fully saturated rings. The quantitative estimate of drug-likeness (QED) is 0.919. The van der Waals surface area contributed by atoms with Gasteiger partial charge in [-0.15, -0.1) is 0 Å². The van der Waals surface area contributed by atoms with Gasteiger partial charge in [0.25, 0.3) is 0 Å². The Bertz CT molecular complexity index is 776. The van der Waals surface area contributed by atoms with Crippen LogP contribution in [0.1, 0.15) is 37.7 Å². The van der Waals surface area contributed by atoms with Crippen molar-refractivity contribution in [2.24, 2.45) is 0 Å². The molecule has 1 unspecified atom stereocenters. The van der Waals surface area contributed by atoms with Crippen LogP contribution < -0.4 is 0 Å². The van der Waals surface area contributed by atoms with Crippen molar-refractivity contribution in [2.75, 3.05) is 19.7 Å². The van der Waals surface area contributed by atoms with E-state index in [0.29, 0.717) is 25.0 Å². The number of hydrogen-bond acceptors (Lipinski definition) is 3. The van der Waals surface area contributed by atoms with Crippen LogP contribution in [0, 0.1) is 0 Å². The van der Waals surface area contributed by atoms with Gasteiger partial charge < -0.3 is 10.0 Å². The van der Waals surface area contributed by atoms with E-state index < -0.39 is 0 Å². The highest BCUT2D eigenvalue weighted by molar-refractivity contribution is 5.83. The summed E-state index contributed by atoms with van der Waals surface area (Å²) in [5.74, 6) is 0.264. The van der Waals surface area contributed by atoms with Crippen molar-refractivity contribution in [1.82, 2.24) is 9.80 Å². The van der Waals surface area contributed by atoms with E-state index in [1.165, 1.54) is 16.3 Å². The third-order valence-corrected chi connectivity index (χ3v) is 6.07. The molecule has 0 radical (unpaired) electrons. The second kappa shape index (κ2) is 7.77. The lowest BCUT2D eigenvalue weighted by Crippen LogP contribution is -2.41. The van der Waals surface area contributed by atoms with Crippen LogP contribution in [-0.2, 0) is 11.3 Å². The molecule has 1 N–H and O–H groups in total. The van der Waals surface area contributed by atoms with Gasteiger partial charge in [-0.05, 0) is 54.6 Å². The van der Waals surface area contributed by atoms with E-state index in [1.54, 1.807) is 0 Å². The summed E-state index contributed by atoms with van der Waals surface area (Å²) in [5.41, 5.74) is 1.20. The van der Waals surface area contributed by atoms with Gasteiger partial charge in [0.2, 0.25) is 5.91 Å². The molecule has 2 aliphatic rings. The number of fused-ring (bicyclic) bond motifs is 1. The molecular weight excluding hydrogens is 324 g/mol. The van der Waals surface area contributed by atoms with Crippen LogP contribution in [0.2, 0.25) is 0 Å². The lowest BCUT2D eigenvalue weighted by Gasteiger charge is -2.31. The maximum atomic E-state index is 12.7. The molecule has 4 heteroatoms. The van der Waals surface area contributed by atoms with E-state index >= 15 is 0 Å². The van der Waals surface area contributed by atoms with Crippen LogP contribution in [-0.4, -0.2) is 52.6 Å². The first-order valence-electron chi connectivity index (χ1n) is 9.86. The van der Waals surface area contributed by atoms with Gasteiger partial charge in [-0.3, -0.25) is 9.69 Å². The Balaban J connectivity index is 1.44. The number of aliphatic hydroxyl groups excluding tert-OH is 1. The average molecular weight is 352 g/mol. The summed E-state index contributed by atoms with van der Waals surface area (Å²) in [7, 11) is 0. The van der Waals surface area contributed by atoms with E-state index in [2.05, 4.69) is 47.4 Å². The van der Waals surface area contributed by atoms with Crippen molar-refractivity contribution in [3.63, 3.8) is 0 Å². The third kappa shape index (κ3) is 3.62. The van der Waals surface area contributed by atoms with E-state index in [4.69, 9.17) is 0 Å². The molecule has 2 aliphatic heterocycles. The summed E-state index contributed by atoms with van der Waals surface area (Å²) in [4.78, 5) is 17.1. The lowest BCUT2D eigenvalue weighted by atomic mass is 10.1. The van der Waals surface area contributed by atoms with E-state index in [1.807, 2.05) is 4.90 Å². The molecule has 2 atom stereocenters. The number of nitrogens with zero attached hydrogens (tertiary/aromatic N) is 2. The third-order valence-electron chi connectivity index (χ3n) is 6.07. The predicted molar refractivity (Wildman–Crippen MR) is 104 cm³/mol. The summed E-state index contributed by atoms with van der Waals surface area (Å²) in [6, 6.07) is 15.6. The fourth-order valence-electron chi connectivity index (χ4n) is 4.61. The van der Waals surface area contributed by atoms with Crippen molar-refractivity contribution in [2.45, 2.75) is 50.7 Å². The number of hydrogen-bond donors (Lipinski definition) is 1. The topological polar surface area (TPSA) is 43.8 Å². The largest absolute Gasteiger partial charge is 0.395 e. The number of carbonyl (C=O) groups is 1. The zero-order valence-electron chi connectivity index (χ0n) is 15.3. The first-order valence-corrected chi connectivity index (χ1v) is 9.86. The zero-order chi connectivity index (χ0) is 17.9. The van der Waals surface area contributed by atoms with Gasteiger partial charge in [-0.2, -0.15) is 0 Å². The number of aliphatic hydroxyl groups is 1. The molecule has 2 heterocycles. The van der Waals surface area contributed by atoms with E-state index in [-0.39, 0.29) is 12.5 Å². The summed E-state index contributed by atoms with van der Waals surface area (Å²) in [6.07, 6.45) is 4.80. The Morgan fingerprint density at radius 2 is 1.85 bits per heavy atom. The number of carbonyl (C=O) groups excluding carboxylic acids is 1. The van der Waals surface area contributed by atoms with Gasteiger partial charge in [-0.25, -0.2) is 0 Å². The van der Waals surface area contributed by atoms with Gasteiger partial charge in [-0.1, -0.05) is 36.4 Å². The maximum Gasteiger partial charge on any atom is 0.222 e. The molecular formula is C22H28N2O2. The molecule has 138 valence electrons. The molecule has 0 aliphatic carbocycles. The summed E-state index contributed by atoms with van der Waals surface area (Å²) < 4.78 is 0. The van der Waals surface area contributed by atoms with E-state index in [0.717, 1.165) is 38.8 Å². The smallest absolute Gasteiger partial charge is 0.222 e. The number of amides is 1. The second-order valence-electron chi connectivity index (χ2n) is 7.69. The Hall–Kier alpha value is -1.91. The zero-order valence-corrected chi connectivity index (χ0v) is 15.3. The molecule has 2 saturated heterocycles. The molecule has 26 heavy (non-hydrogen) atoms. The van der Waals surface area contributed by atoms with Crippen LogP contribution in [0.15, 0.2) is 42.5 Å². The fraction of sp³-hybridized carbons (Fsp3) is 0.500. The molecule has 4 rings (SSSR count). The van der Waals surface area contributed by atoms with Crippen LogP contribution in [0.4, 0.5) is 0 Å². The van der Waals surface area contributed by atoms with Crippen LogP contribution >= 0.6 is 0 Å².